The van der Waals surface area contributed by atoms with Gasteiger partial charge in [0.2, 0.25) is 15.9 Å². The second-order valence-electron chi connectivity index (χ2n) is 5.27. The Morgan fingerprint density at radius 1 is 1.33 bits per heavy atom. The summed E-state index contributed by atoms with van der Waals surface area (Å²) in [7, 11) is -3.31. The summed E-state index contributed by atoms with van der Waals surface area (Å²) in [5.41, 5.74) is 2.46. The van der Waals surface area contributed by atoms with Crippen LogP contribution in [0.5, 0.6) is 0 Å². The van der Waals surface area contributed by atoms with Crippen LogP contribution in [-0.4, -0.2) is 26.6 Å². The number of hydrogen-bond acceptors (Lipinski definition) is 3. The van der Waals surface area contributed by atoms with Crippen molar-refractivity contribution in [2.45, 2.75) is 39.5 Å². The lowest BCUT2D eigenvalue weighted by molar-refractivity contribution is -0.118. The highest BCUT2D eigenvalue weighted by atomic mass is 32.2. The van der Waals surface area contributed by atoms with E-state index in [1.807, 2.05) is 19.9 Å². The third-order valence-electron chi connectivity index (χ3n) is 3.55. The number of rotatable bonds is 5. The van der Waals surface area contributed by atoms with Crippen LogP contribution in [0.15, 0.2) is 18.2 Å². The van der Waals surface area contributed by atoms with Gasteiger partial charge in [0, 0.05) is 18.7 Å². The lowest BCUT2D eigenvalue weighted by Crippen LogP contribution is -2.35. The molecule has 0 saturated heterocycles. The van der Waals surface area contributed by atoms with Gasteiger partial charge in [-0.25, -0.2) is 8.42 Å². The SMILES string of the molecule is CCCS(=O)(=O)Nc1ccc2c(c1)N(C(=O)CC)CCC2. The fourth-order valence-corrected chi connectivity index (χ4v) is 3.71. The average molecular weight is 310 g/mol. The molecule has 0 aliphatic carbocycles. The fourth-order valence-electron chi connectivity index (χ4n) is 2.59. The van der Waals surface area contributed by atoms with E-state index in [4.69, 9.17) is 0 Å². The lowest BCUT2D eigenvalue weighted by Gasteiger charge is -2.29. The maximum Gasteiger partial charge on any atom is 0.232 e. The molecule has 0 unspecified atom stereocenters. The summed E-state index contributed by atoms with van der Waals surface area (Å²) in [5.74, 6) is 0.173. The number of carbonyl (C=O) groups is 1. The zero-order chi connectivity index (χ0) is 15.5. The molecule has 116 valence electrons. The second kappa shape index (κ2) is 6.47. The van der Waals surface area contributed by atoms with Crippen LogP contribution in [0.1, 0.15) is 38.7 Å². The van der Waals surface area contributed by atoms with E-state index >= 15 is 0 Å². The van der Waals surface area contributed by atoms with Gasteiger partial charge in [-0.15, -0.1) is 0 Å². The van der Waals surface area contributed by atoms with Gasteiger partial charge in [0.1, 0.15) is 0 Å². The van der Waals surface area contributed by atoms with Gasteiger partial charge in [-0.2, -0.15) is 0 Å². The van der Waals surface area contributed by atoms with Crippen LogP contribution in [0, 0.1) is 0 Å². The molecular weight excluding hydrogens is 288 g/mol. The summed E-state index contributed by atoms with van der Waals surface area (Å²) in [6.45, 7) is 4.36. The van der Waals surface area contributed by atoms with Gasteiger partial charge in [-0.1, -0.05) is 19.9 Å². The van der Waals surface area contributed by atoms with Crippen LogP contribution in [-0.2, 0) is 21.2 Å². The molecule has 6 heteroatoms. The van der Waals surface area contributed by atoms with Crippen molar-refractivity contribution < 1.29 is 13.2 Å². The van der Waals surface area contributed by atoms with Crippen molar-refractivity contribution in [1.29, 1.82) is 0 Å². The summed E-state index contributed by atoms with van der Waals surface area (Å²) in [5, 5.41) is 0. The monoisotopic (exact) mass is 310 g/mol. The average Bonchev–Trinajstić information content (AvgIpc) is 2.45. The van der Waals surface area contributed by atoms with E-state index in [1.165, 1.54) is 0 Å². The van der Waals surface area contributed by atoms with Gasteiger partial charge >= 0.3 is 0 Å². The molecule has 0 aromatic heterocycles. The number of benzene rings is 1. The quantitative estimate of drug-likeness (QED) is 0.909. The summed E-state index contributed by atoms with van der Waals surface area (Å²) >= 11 is 0. The van der Waals surface area contributed by atoms with E-state index < -0.39 is 10.0 Å². The molecular formula is C15H22N2O3S. The molecule has 0 spiro atoms. The molecule has 0 bridgehead atoms. The molecule has 1 N–H and O–H groups in total. The van der Waals surface area contributed by atoms with Crippen LogP contribution in [0.3, 0.4) is 0 Å². The van der Waals surface area contributed by atoms with Gasteiger partial charge in [0.25, 0.3) is 0 Å². The maximum absolute atomic E-state index is 12.0. The molecule has 5 nitrogen and oxygen atoms in total. The van der Waals surface area contributed by atoms with Crippen LogP contribution >= 0.6 is 0 Å². The molecule has 1 aliphatic heterocycles. The normalized spacial score (nSPS) is 14.7. The number of carbonyl (C=O) groups excluding carboxylic acids is 1. The van der Waals surface area contributed by atoms with E-state index in [-0.39, 0.29) is 11.7 Å². The first-order valence-corrected chi connectivity index (χ1v) is 9.06. The summed E-state index contributed by atoms with van der Waals surface area (Å²) in [6.07, 6.45) is 2.89. The molecule has 0 fully saturated rings. The van der Waals surface area contributed by atoms with Gasteiger partial charge in [0.05, 0.1) is 11.4 Å². The van der Waals surface area contributed by atoms with Crippen molar-refractivity contribution in [3.05, 3.63) is 23.8 Å². The van der Waals surface area contributed by atoms with Crippen molar-refractivity contribution in [2.75, 3.05) is 21.9 Å². The fraction of sp³-hybridized carbons (Fsp3) is 0.533. The van der Waals surface area contributed by atoms with Crippen LogP contribution < -0.4 is 9.62 Å². The summed E-state index contributed by atoms with van der Waals surface area (Å²) < 4.78 is 26.3. The molecule has 1 amide bonds. The molecule has 1 aliphatic rings. The highest BCUT2D eigenvalue weighted by Crippen LogP contribution is 2.30. The molecule has 0 atom stereocenters. The highest BCUT2D eigenvalue weighted by molar-refractivity contribution is 7.92. The van der Waals surface area contributed by atoms with Gasteiger partial charge in [0.15, 0.2) is 0 Å². The summed E-state index contributed by atoms with van der Waals surface area (Å²) in [4.78, 5) is 13.8. The maximum atomic E-state index is 12.0. The second-order valence-corrected chi connectivity index (χ2v) is 7.11. The number of nitrogens with one attached hydrogen (secondary N) is 1. The first-order valence-electron chi connectivity index (χ1n) is 7.40. The number of fused-ring (bicyclic) bond motifs is 1. The number of anilines is 2. The van der Waals surface area contributed by atoms with Crippen LogP contribution in [0.2, 0.25) is 0 Å². The lowest BCUT2D eigenvalue weighted by atomic mass is 10.0. The molecule has 1 heterocycles. The van der Waals surface area contributed by atoms with E-state index in [0.717, 1.165) is 24.1 Å². The predicted octanol–water partition coefficient (Wildman–Crippen LogP) is 2.53. The molecule has 0 saturated carbocycles. The minimum absolute atomic E-state index is 0.0736. The van der Waals surface area contributed by atoms with Gasteiger partial charge in [-0.3, -0.25) is 9.52 Å². The van der Waals surface area contributed by atoms with E-state index in [1.54, 1.807) is 17.0 Å². The Morgan fingerprint density at radius 3 is 2.76 bits per heavy atom. The Balaban J connectivity index is 2.30. The molecule has 21 heavy (non-hydrogen) atoms. The smallest absolute Gasteiger partial charge is 0.232 e. The van der Waals surface area contributed by atoms with Gasteiger partial charge < -0.3 is 4.90 Å². The number of aryl methyl sites for hydroxylation is 1. The third-order valence-corrected chi connectivity index (χ3v) is 5.05. The van der Waals surface area contributed by atoms with E-state index in [0.29, 0.717) is 25.1 Å². The third kappa shape index (κ3) is 3.75. The molecule has 1 aromatic carbocycles. The van der Waals surface area contributed by atoms with Crippen molar-refractivity contribution in [3.8, 4) is 0 Å². The minimum Gasteiger partial charge on any atom is -0.312 e. The highest BCUT2D eigenvalue weighted by Gasteiger charge is 2.22. The van der Waals surface area contributed by atoms with Crippen molar-refractivity contribution in [3.63, 3.8) is 0 Å². The minimum atomic E-state index is -3.31. The zero-order valence-electron chi connectivity index (χ0n) is 12.6. The Labute approximate surface area is 126 Å². The predicted molar refractivity (Wildman–Crippen MR) is 85.1 cm³/mol. The van der Waals surface area contributed by atoms with Crippen molar-refractivity contribution in [2.24, 2.45) is 0 Å². The number of hydrogen-bond donors (Lipinski definition) is 1. The largest absolute Gasteiger partial charge is 0.312 e. The molecule has 2 rings (SSSR count). The first-order chi connectivity index (χ1) is 9.96. The Morgan fingerprint density at radius 2 is 2.10 bits per heavy atom. The number of nitrogens with zero attached hydrogens (tertiary/aromatic N) is 1. The Kier molecular flexibility index (Phi) is 4.88. The van der Waals surface area contributed by atoms with Crippen molar-refractivity contribution in [1.82, 2.24) is 0 Å². The Bertz CT molecular complexity index is 626. The van der Waals surface area contributed by atoms with E-state index in [2.05, 4.69) is 4.72 Å². The van der Waals surface area contributed by atoms with E-state index in [9.17, 15) is 13.2 Å². The first kappa shape index (κ1) is 15.8. The topological polar surface area (TPSA) is 66.5 Å². The zero-order valence-corrected chi connectivity index (χ0v) is 13.4. The molecule has 1 aromatic rings. The number of amides is 1. The van der Waals surface area contributed by atoms with Crippen molar-refractivity contribution >= 4 is 27.3 Å². The van der Waals surface area contributed by atoms with Crippen LogP contribution in [0.4, 0.5) is 11.4 Å². The standard InChI is InChI=1S/C15H22N2O3S/c1-3-10-21(19,20)16-13-8-7-12-6-5-9-17(14(12)11-13)15(18)4-2/h7-8,11,16H,3-6,9-10H2,1-2H3. The molecule has 0 radical (unpaired) electrons. The number of sulfonamides is 1. The Hall–Kier alpha value is -1.56. The summed E-state index contributed by atoms with van der Waals surface area (Å²) in [6, 6.07) is 5.45. The van der Waals surface area contributed by atoms with Crippen LogP contribution in [0.25, 0.3) is 0 Å². The van der Waals surface area contributed by atoms with Gasteiger partial charge in [-0.05, 0) is 37.0 Å².